The summed E-state index contributed by atoms with van der Waals surface area (Å²) in [6.07, 6.45) is 1.03. The molecule has 0 radical (unpaired) electrons. The van der Waals surface area contributed by atoms with Gasteiger partial charge in [0, 0.05) is 17.5 Å². The summed E-state index contributed by atoms with van der Waals surface area (Å²) in [5.41, 5.74) is 8.20. The van der Waals surface area contributed by atoms with Crippen LogP contribution in [0.1, 0.15) is 39.9 Å². The largest absolute Gasteiger partial charge is 0.497 e. The molecule has 0 bridgehead atoms. The first kappa shape index (κ1) is 15.4. The number of methoxy groups -OCH3 is 1. The van der Waals surface area contributed by atoms with Crippen LogP contribution in [0.5, 0.6) is 5.75 Å². The molecular weight excluding hydrogens is 262 g/mol. The third-order valence-corrected chi connectivity index (χ3v) is 3.49. The van der Waals surface area contributed by atoms with Gasteiger partial charge in [0.2, 0.25) is 0 Å². The van der Waals surface area contributed by atoms with Crippen molar-refractivity contribution >= 4 is 5.82 Å². The van der Waals surface area contributed by atoms with Gasteiger partial charge >= 0.3 is 0 Å². The lowest BCUT2D eigenvalue weighted by Gasteiger charge is -2.19. The van der Waals surface area contributed by atoms with Crippen molar-refractivity contribution in [3.63, 3.8) is 0 Å². The molecule has 4 nitrogen and oxygen atoms in total. The summed E-state index contributed by atoms with van der Waals surface area (Å²) in [5.74, 6) is 2.61. The summed E-state index contributed by atoms with van der Waals surface area (Å²) < 4.78 is 7.34. The van der Waals surface area contributed by atoms with Crippen LogP contribution >= 0.6 is 0 Å². The zero-order valence-corrected chi connectivity index (χ0v) is 13.6. The second kappa shape index (κ2) is 5.80. The van der Waals surface area contributed by atoms with E-state index in [0.29, 0.717) is 0 Å². The summed E-state index contributed by atoms with van der Waals surface area (Å²) in [4.78, 5) is 4.82. The highest BCUT2D eigenvalue weighted by Gasteiger charge is 2.25. The minimum absolute atomic E-state index is 0.0337. The molecule has 2 aromatic rings. The average Bonchev–Trinajstić information content (AvgIpc) is 2.77. The average molecular weight is 287 g/mol. The maximum Gasteiger partial charge on any atom is 0.131 e. The minimum Gasteiger partial charge on any atom is -0.497 e. The monoisotopic (exact) mass is 287 g/mol. The van der Waals surface area contributed by atoms with Crippen LogP contribution in [-0.2, 0) is 12.0 Å². The third kappa shape index (κ3) is 3.04. The van der Waals surface area contributed by atoms with Crippen molar-refractivity contribution < 1.29 is 4.74 Å². The molecule has 0 fully saturated rings. The van der Waals surface area contributed by atoms with E-state index >= 15 is 0 Å². The summed E-state index contributed by atoms with van der Waals surface area (Å²) in [5, 5.41) is 0. The number of nitrogen functional groups attached to an aromatic ring is 1. The molecule has 0 saturated heterocycles. The van der Waals surface area contributed by atoms with Crippen LogP contribution in [0.15, 0.2) is 24.3 Å². The SMILES string of the molecule is CCCn1c(C(C)(C)C)nc(-c2ccc(OC)cc2)c1N. The Hall–Kier alpha value is -1.97. The number of hydrogen-bond acceptors (Lipinski definition) is 3. The van der Waals surface area contributed by atoms with E-state index in [9.17, 15) is 0 Å². The first-order chi connectivity index (χ1) is 9.88. The fraction of sp³-hybridized carbons (Fsp3) is 0.471. The normalized spacial score (nSPS) is 11.7. The summed E-state index contributed by atoms with van der Waals surface area (Å²) in [6, 6.07) is 7.87. The van der Waals surface area contributed by atoms with E-state index in [4.69, 9.17) is 15.5 Å². The van der Waals surface area contributed by atoms with Crippen LogP contribution in [0.25, 0.3) is 11.3 Å². The van der Waals surface area contributed by atoms with Crippen molar-refractivity contribution in [2.24, 2.45) is 0 Å². The predicted octanol–water partition coefficient (Wildman–Crippen LogP) is 3.85. The Balaban J connectivity index is 2.53. The molecule has 0 atom stereocenters. The van der Waals surface area contributed by atoms with Crippen LogP contribution in [0.2, 0.25) is 0 Å². The fourth-order valence-electron chi connectivity index (χ4n) is 2.45. The second-order valence-electron chi connectivity index (χ2n) is 6.30. The smallest absolute Gasteiger partial charge is 0.131 e. The summed E-state index contributed by atoms with van der Waals surface area (Å²) in [7, 11) is 1.66. The lowest BCUT2D eigenvalue weighted by atomic mass is 9.95. The summed E-state index contributed by atoms with van der Waals surface area (Å²) in [6.45, 7) is 9.54. The Bertz CT molecular complexity index is 606. The van der Waals surface area contributed by atoms with Crippen molar-refractivity contribution in [1.82, 2.24) is 9.55 Å². The van der Waals surface area contributed by atoms with E-state index in [0.717, 1.165) is 41.6 Å². The van der Waals surface area contributed by atoms with Crippen LogP contribution in [-0.4, -0.2) is 16.7 Å². The number of aromatic nitrogens is 2. The zero-order chi connectivity index (χ0) is 15.6. The molecule has 114 valence electrons. The Morgan fingerprint density at radius 1 is 1.19 bits per heavy atom. The highest BCUT2D eigenvalue weighted by atomic mass is 16.5. The third-order valence-electron chi connectivity index (χ3n) is 3.49. The van der Waals surface area contributed by atoms with Crippen LogP contribution in [0.4, 0.5) is 5.82 Å². The van der Waals surface area contributed by atoms with Gasteiger partial charge in [0.15, 0.2) is 0 Å². The van der Waals surface area contributed by atoms with Crippen LogP contribution in [0.3, 0.4) is 0 Å². The standard InChI is InChI=1S/C17H25N3O/c1-6-11-20-15(18)14(19-16(20)17(2,3)4)12-7-9-13(21-5)10-8-12/h7-10H,6,11,18H2,1-5H3. The summed E-state index contributed by atoms with van der Waals surface area (Å²) >= 11 is 0. The van der Waals surface area contributed by atoms with Gasteiger partial charge in [-0.1, -0.05) is 27.7 Å². The maximum atomic E-state index is 6.36. The van der Waals surface area contributed by atoms with Crippen LogP contribution in [0, 0.1) is 0 Å². The Morgan fingerprint density at radius 2 is 1.81 bits per heavy atom. The van der Waals surface area contributed by atoms with Gasteiger partial charge in [-0.05, 0) is 30.7 Å². The number of ether oxygens (including phenoxy) is 1. The number of benzene rings is 1. The number of nitrogens with zero attached hydrogens (tertiary/aromatic N) is 2. The molecule has 0 unspecified atom stereocenters. The van der Waals surface area contributed by atoms with Crippen molar-refractivity contribution in [1.29, 1.82) is 0 Å². The molecule has 0 amide bonds. The van der Waals surface area contributed by atoms with Gasteiger partial charge < -0.3 is 15.0 Å². The van der Waals surface area contributed by atoms with E-state index < -0.39 is 0 Å². The fourth-order valence-corrected chi connectivity index (χ4v) is 2.45. The second-order valence-corrected chi connectivity index (χ2v) is 6.30. The number of anilines is 1. The zero-order valence-electron chi connectivity index (χ0n) is 13.6. The topological polar surface area (TPSA) is 53.1 Å². The molecule has 0 spiro atoms. The Labute approximate surface area is 127 Å². The van der Waals surface area contributed by atoms with Crippen molar-refractivity contribution in [2.45, 2.75) is 46.1 Å². The molecule has 21 heavy (non-hydrogen) atoms. The van der Waals surface area contributed by atoms with Gasteiger partial charge in [0.05, 0.1) is 7.11 Å². The van der Waals surface area contributed by atoms with E-state index in [1.54, 1.807) is 7.11 Å². The number of imidazole rings is 1. The highest BCUT2D eigenvalue weighted by molar-refractivity contribution is 5.71. The van der Waals surface area contributed by atoms with Gasteiger partial charge in [0.1, 0.15) is 23.1 Å². The van der Waals surface area contributed by atoms with Gasteiger partial charge in [-0.15, -0.1) is 0 Å². The first-order valence-corrected chi connectivity index (χ1v) is 7.39. The number of hydrogen-bond donors (Lipinski definition) is 1. The molecule has 1 heterocycles. The van der Waals surface area contributed by atoms with E-state index in [2.05, 4.69) is 32.3 Å². The molecular formula is C17H25N3O. The Kier molecular flexibility index (Phi) is 4.26. The first-order valence-electron chi connectivity index (χ1n) is 7.39. The maximum absolute atomic E-state index is 6.36. The molecule has 0 aliphatic carbocycles. The molecule has 2 rings (SSSR count). The number of nitrogens with two attached hydrogens (primary N) is 1. The molecule has 4 heteroatoms. The molecule has 0 aliphatic rings. The molecule has 1 aromatic carbocycles. The molecule has 2 N–H and O–H groups in total. The number of rotatable bonds is 4. The molecule has 0 saturated carbocycles. The van der Waals surface area contributed by atoms with E-state index in [1.807, 2.05) is 24.3 Å². The quantitative estimate of drug-likeness (QED) is 0.929. The predicted molar refractivity (Wildman–Crippen MR) is 87.6 cm³/mol. The molecule has 1 aromatic heterocycles. The minimum atomic E-state index is -0.0337. The molecule has 0 aliphatic heterocycles. The lowest BCUT2D eigenvalue weighted by Crippen LogP contribution is -2.19. The van der Waals surface area contributed by atoms with E-state index in [-0.39, 0.29) is 5.41 Å². The van der Waals surface area contributed by atoms with Crippen LogP contribution < -0.4 is 10.5 Å². The van der Waals surface area contributed by atoms with Gasteiger partial charge in [-0.25, -0.2) is 4.98 Å². The van der Waals surface area contributed by atoms with Gasteiger partial charge in [-0.2, -0.15) is 0 Å². The van der Waals surface area contributed by atoms with Crippen molar-refractivity contribution in [3.05, 3.63) is 30.1 Å². The van der Waals surface area contributed by atoms with E-state index in [1.165, 1.54) is 0 Å². The van der Waals surface area contributed by atoms with Gasteiger partial charge in [-0.3, -0.25) is 0 Å². The highest BCUT2D eigenvalue weighted by Crippen LogP contribution is 2.32. The Morgan fingerprint density at radius 3 is 2.29 bits per heavy atom. The lowest BCUT2D eigenvalue weighted by molar-refractivity contribution is 0.415. The van der Waals surface area contributed by atoms with Gasteiger partial charge in [0.25, 0.3) is 0 Å². The van der Waals surface area contributed by atoms with Crippen molar-refractivity contribution in [3.8, 4) is 17.0 Å². The van der Waals surface area contributed by atoms with Crippen molar-refractivity contribution in [2.75, 3.05) is 12.8 Å².